The molecule has 94 valence electrons. The van der Waals surface area contributed by atoms with Crippen molar-refractivity contribution in [2.45, 2.75) is 0 Å². The lowest BCUT2D eigenvalue weighted by atomic mass is 10.3. The van der Waals surface area contributed by atoms with E-state index >= 15 is 0 Å². The first kappa shape index (κ1) is 13.6. The van der Waals surface area contributed by atoms with Gasteiger partial charge in [-0.3, -0.25) is 5.01 Å². The largest absolute Gasteiger partial charge is 0.497 e. The molecule has 17 heavy (non-hydrogen) atoms. The zero-order chi connectivity index (χ0) is 13.0. The Balaban J connectivity index is 3.15. The van der Waals surface area contributed by atoms with Crippen LogP contribution >= 0.6 is 11.6 Å². The van der Waals surface area contributed by atoms with Gasteiger partial charge in [-0.1, -0.05) is 11.6 Å². The first-order chi connectivity index (χ1) is 8.01. The first-order valence-corrected chi connectivity index (χ1v) is 5.02. The van der Waals surface area contributed by atoms with Crippen molar-refractivity contribution >= 4 is 17.3 Å². The van der Waals surface area contributed by atoms with E-state index in [1.807, 2.05) is 0 Å². The predicted molar refractivity (Wildman–Crippen MR) is 63.8 cm³/mol. The summed E-state index contributed by atoms with van der Waals surface area (Å²) in [7, 11) is 1.44. The quantitative estimate of drug-likeness (QED) is 0.426. The molecule has 5 N–H and O–H groups in total. The Morgan fingerprint density at radius 1 is 1.59 bits per heavy atom. The van der Waals surface area contributed by atoms with Crippen LogP contribution in [0.5, 0.6) is 5.75 Å². The zero-order valence-electron chi connectivity index (χ0n) is 9.15. The summed E-state index contributed by atoms with van der Waals surface area (Å²) in [6, 6.07) is 4.00. The zero-order valence-corrected chi connectivity index (χ0v) is 9.91. The number of benzene rings is 1. The van der Waals surface area contributed by atoms with Crippen molar-refractivity contribution in [3.63, 3.8) is 0 Å². The number of rotatable bonds is 4. The molecule has 0 aliphatic rings. The summed E-state index contributed by atoms with van der Waals surface area (Å²) >= 11 is 5.77. The summed E-state index contributed by atoms with van der Waals surface area (Å²) in [4.78, 5) is 0. The molecule has 0 aliphatic heterocycles. The second-order valence-corrected chi connectivity index (χ2v) is 3.52. The van der Waals surface area contributed by atoms with Crippen LogP contribution in [-0.2, 0) is 0 Å². The maximum atomic E-state index is 13.5. The van der Waals surface area contributed by atoms with E-state index in [1.165, 1.54) is 25.3 Å². The molecule has 0 atom stereocenters. The van der Waals surface area contributed by atoms with Gasteiger partial charge in [0.2, 0.25) is 0 Å². The van der Waals surface area contributed by atoms with E-state index in [0.29, 0.717) is 5.75 Å². The Labute approximate surface area is 103 Å². The smallest absolute Gasteiger partial charge is 0.148 e. The molecule has 1 aromatic carbocycles. The average Bonchev–Trinajstić information content (AvgIpc) is 2.36. The minimum absolute atomic E-state index is 0.00856. The topological polar surface area (TPSA) is 84.7 Å². The van der Waals surface area contributed by atoms with E-state index in [9.17, 15) is 4.39 Å². The van der Waals surface area contributed by atoms with Crippen LogP contribution in [-0.4, -0.2) is 18.8 Å². The van der Waals surface area contributed by atoms with Crippen molar-refractivity contribution in [2.24, 2.45) is 11.6 Å². The maximum absolute atomic E-state index is 13.5. The Morgan fingerprint density at radius 3 is 2.76 bits per heavy atom. The van der Waals surface area contributed by atoms with E-state index in [2.05, 4.69) is 0 Å². The summed E-state index contributed by atoms with van der Waals surface area (Å²) in [5.41, 5.74) is 5.33. The number of nitrogens with zero attached hydrogens (tertiary/aromatic N) is 1. The van der Waals surface area contributed by atoms with Crippen LogP contribution < -0.4 is 21.3 Å². The molecule has 0 aromatic heterocycles. The van der Waals surface area contributed by atoms with E-state index in [4.69, 9.17) is 33.0 Å². The number of aliphatic hydroxyl groups excluding tert-OH is 1. The third-order valence-corrected chi connectivity index (χ3v) is 2.48. The van der Waals surface area contributed by atoms with Gasteiger partial charge in [0.25, 0.3) is 0 Å². The molecule has 0 bridgehead atoms. The summed E-state index contributed by atoms with van der Waals surface area (Å²) < 4.78 is 18.5. The Bertz CT molecular complexity index is 440. The molecule has 0 amide bonds. The molecule has 0 saturated carbocycles. The first-order valence-electron chi connectivity index (χ1n) is 4.64. The van der Waals surface area contributed by atoms with E-state index < -0.39 is 12.4 Å². The molecule has 0 fully saturated rings. The number of anilines is 1. The van der Waals surface area contributed by atoms with Gasteiger partial charge in [-0.25, -0.2) is 10.2 Å². The molecule has 0 spiro atoms. The molecule has 1 aromatic rings. The molecular formula is C10H13ClFN3O2. The van der Waals surface area contributed by atoms with Gasteiger partial charge in [-0.15, -0.1) is 0 Å². The predicted octanol–water partition coefficient (Wildman–Crippen LogP) is 0.873. The van der Waals surface area contributed by atoms with Crippen LogP contribution in [0.25, 0.3) is 0 Å². The number of nitrogens with two attached hydrogens (primary N) is 2. The lowest BCUT2D eigenvalue weighted by Crippen LogP contribution is -2.31. The monoisotopic (exact) mass is 261 g/mol. The van der Waals surface area contributed by atoms with Crippen LogP contribution in [0.15, 0.2) is 29.1 Å². The van der Waals surface area contributed by atoms with Crippen molar-refractivity contribution < 1.29 is 14.2 Å². The highest BCUT2D eigenvalue weighted by atomic mass is 35.5. The molecule has 0 saturated heterocycles. The Morgan fingerprint density at radius 2 is 2.24 bits per heavy atom. The van der Waals surface area contributed by atoms with Gasteiger partial charge < -0.3 is 15.6 Å². The van der Waals surface area contributed by atoms with Crippen LogP contribution in [0.1, 0.15) is 0 Å². The fraction of sp³-hybridized carbons (Fsp3) is 0.200. The van der Waals surface area contributed by atoms with Gasteiger partial charge in [-0.2, -0.15) is 0 Å². The van der Waals surface area contributed by atoms with Crippen LogP contribution in [0, 0.1) is 5.82 Å². The van der Waals surface area contributed by atoms with Crippen molar-refractivity contribution in [3.05, 3.63) is 34.9 Å². The number of hydrogen-bond acceptors (Lipinski definition) is 5. The average molecular weight is 262 g/mol. The normalized spacial score (nSPS) is 12.1. The third kappa shape index (κ3) is 3.00. The molecule has 0 aliphatic carbocycles. The van der Waals surface area contributed by atoms with Crippen LogP contribution in [0.3, 0.4) is 0 Å². The van der Waals surface area contributed by atoms with E-state index in [1.54, 1.807) is 0 Å². The molecule has 1 rings (SSSR count). The molecular weight excluding hydrogens is 249 g/mol. The number of aliphatic hydroxyl groups is 1. The van der Waals surface area contributed by atoms with Gasteiger partial charge in [0.05, 0.1) is 25.1 Å². The number of halogens is 2. The summed E-state index contributed by atoms with van der Waals surface area (Å²) in [5.74, 6) is 5.43. The highest BCUT2D eigenvalue weighted by molar-refractivity contribution is 6.31. The lowest BCUT2D eigenvalue weighted by molar-refractivity contribution is 0.328. The third-order valence-electron chi connectivity index (χ3n) is 2.06. The maximum Gasteiger partial charge on any atom is 0.148 e. The van der Waals surface area contributed by atoms with Crippen molar-refractivity contribution in [1.82, 2.24) is 0 Å². The minimum Gasteiger partial charge on any atom is -0.497 e. The highest BCUT2D eigenvalue weighted by Gasteiger charge is 2.14. The second kappa shape index (κ2) is 5.72. The van der Waals surface area contributed by atoms with E-state index in [0.717, 1.165) is 5.01 Å². The Hall–Kier alpha value is -1.50. The number of ether oxygens (including phenoxy) is 1. The van der Waals surface area contributed by atoms with Crippen molar-refractivity contribution in [1.29, 1.82) is 0 Å². The number of methoxy groups -OCH3 is 1. The van der Waals surface area contributed by atoms with E-state index in [-0.39, 0.29) is 16.5 Å². The highest BCUT2D eigenvalue weighted by Crippen LogP contribution is 2.26. The second-order valence-electron chi connectivity index (χ2n) is 3.16. The number of hydrazine groups is 1. The number of hydrogen-bond donors (Lipinski definition) is 3. The minimum atomic E-state index is -0.586. The molecule has 5 nitrogen and oxygen atoms in total. The Kier molecular flexibility index (Phi) is 4.56. The summed E-state index contributed by atoms with van der Waals surface area (Å²) in [5, 5.41) is 9.49. The fourth-order valence-electron chi connectivity index (χ4n) is 1.13. The molecule has 7 heteroatoms. The fourth-order valence-corrected chi connectivity index (χ4v) is 1.28. The van der Waals surface area contributed by atoms with Crippen LogP contribution in [0.2, 0.25) is 0 Å². The van der Waals surface area contributed by atoms with Gasteiger partial charge in [0.1, 0.15) is 16.7 Å². The SMILES string of the molecule is COc1ccc(F)c(N(N)/C(Cl)=C(\N)CO)c1. The molecule has 0 radical (unpaired) electrons. The van der Waals surface area contributed by atoms with Crippen LogP contribution in [0.4, 0.5) is 10.1 Å². The lowest BCUT2D eigenvalue weighted by Gasteiger charge is -2.20. The standard InChI is InChI=1S/C10H13ClFN3O2/c1-17-6-2-3-7(12)9(4-6)15(14)10(11)8(13)5-16/h2-4,16H,5,13-14H2,1H3/b10-8-. The van der Waals surface area contributed by atoms with Gasteiger partial charge in [-0.05, 0) is 12.1 Å². The van der Waals surface area contributed by atoms with Gasteiger partial charge in [0.15, 0.2) is 0 Å². The molecule has 0 heterocycles. The summed E-state index contributed by atoms with van der Waals surface area (Å²) in [6.07, 6.45) is 0. The summed E-state index contributed by atoms with van der Waals surface area (Å²) in [6.45, 7) is -0.474. The van der Waals surface area contributed by atoms with Crippen molar-refractivity contribution in [3.8, 4) is 5.75 Å². The molecule has 0 unspecified atom stereocenters. The van der Waals surface area contributed by atoms with Gasteiger partial charge in [0, 0.05) is 6.07 Å². The van der Waals surface area contributed by atoms with Crippen molar-refractivity contribution in [2.75, 3.05) is 18.7 Å². The van der Waals surface area contributed by atoms with Gasteiger partial charge >= 0.3 is 0 Å².